The van der Waals surface area contributed by atoms with Crippen molar-refractivity contribution in [1.82, 2.24) is 29.9 Å². The molecule has 7 N–H and O–H groups in total. The van der Waals surface area contributed by atoms with E-state index in [2.05, 4.69) is 61.0 Å². The summed E-state index contributed by atoms with van der Waals surface area (Å²) < 4.78 is 111. The lowest BCUT2D eigenvalue weighted by Gasteiger charge is -2.14. The molecule has 2 aromatic heterocycles. The van der Waals surface area contributed by atoms with Crippen molar-refractivity contribution in [3.05, 3.63) is 77.9 Å². The zero-order valence-corrected chi connectivity index (χ0v) is 36.7. The molecule has 0 bridgehead atoms. The first-order valence-corrected chi connectivity index (χ1v) is 23.0. The molecule has 0 amide bonds. The van der Waals surface area contributed by atoms with Crippen molar-refractivity contribution in [2.45, 2.75) is 25.2 Å². The fourth-order valence-corrected chi connectivity index (χ4v) is 5.92. The number of nitrogens with zero attached hydrogens (tertiary/aromatic N) is 10. The van der Waals surface area contributed by atoms with Gasteiger partial charge < -0.3 is 20.8 Å². The molecule has 336 valence electrons. The Morgan fingerprint density at radius 2 is 1.05 bits per heavy atom. The number of azo groups is 2. The highest BCUT2D eigenvalue weighted by atomic mass is 32.2. The van der Waals surface area contributed by atoms with Gasteiger partial charge in [0, 0.05) is 24.9 Å². The molecule has 0 aliphatic carbocycles. The van der Waals surface area contributed by atoms with Gasteiger partial charge >= 0.3 is 10.6 Å². The molecule has 6 rings (SSSR count). The van der Waals surface area contributed by atoms with Crippen LogP contribution >= 0.6 is 0 Å². The summed E-state index contributed by atoms with van der Waals surface area (Å²) in [5.74, 6) is 1.28. The second-order valence-corrected chi connectivity index (χ2v) is 17.0. The molecule has 26 nitrogen and oxygen atoms in total. The largest absolute Gasteiger partial charge is 0.505 e. The Morgan fingerprint density at radius 3 is 1.48 bits per heavy atom. The van der Waals surface area contributed by atoms with Gasteiger partial charge in [0.2, 0.25) is 11.9 Å². The summed E-state index contributed by atoms with van der Waals surface area (Å²) >= 11 is 0. The van der Waals surface area contributed by atoms with Crippen molar-refractivity contribution in [2.24, 2.45) is 20.5 Å². The standard InChI is InChI=1S/C31H28N12O5S.2CH4O3S.O3S/c1-15-34-23(40-30(36-15)38-19-9-5-7-17-11-12-21(42-32-3)28(44)25(17)19)14-24-35-16(2)37-31(41-24)39-20-10-6-8-18-13-22(49(46,47)48)27(43-33-4)29(45)26(18)20;2*1-5(2,3)4;1-4(2)3/h5-13,44-45H,14H2,1-4H3,(H,46,47,48)(H,34,36,38,40)(H,35,37,39,41);2*1H3,(H,2,3,4);. The van der Waals surface area contributed by atoms with Crippen LogP contribution in [-0.4, -0.2) is 118 Å². The minimum Gasteiger partial charge on any atom is -0.505 e. The lowest BCUT2D eigenvalue weighted by Crippen LogP contribution is -2.10. The second-order valence-electron chi connectivity index (χ2n) is 12.2. The molecule has 0 fully saturated rings. The smallest absolute Gasteiger partial charge is 0.425 e. The average molecular weight is 953 g/mol. The van der Waals surface area contributed by atoms with Crippen molar-refractivity contribution in [3.63, 3.8) is 0 Å². The quantitative estimate of drug-likeness (QED) is 0.0790. The van der Waals surface area contributed by atoms with Crippen LogP contribution in [0.5, 0.6) is 11.5 Å². The van der Waals surface area contributed by atoms with Crippen LogP contribution in [0.15, 0.2) is 79.9 Å². The summed E-state index contributed by atoms with van der Waals surface area (Å²) in [7, 11) is -12.4. The van der Waals surface area contributed by atoms with Crippen LogP contribution in [0.3, 0.4) is 0 Å². The average Bonchev–Trinajstić information content (AvgIpc) is 3.11. The molecule has 63 heavy (non-hydrogen) atoms. The second kappa shape index (κ2) is 21.3. The Bertz CT molecular complexity index is 3140. The monoisotopic (exact) mass is 952 g/mol. The number of phenols is 2. The minimum absolute atomic E-state index is 0.0396. The van der Waals surface area contributed by atoms with Gasteiger partial charge in [0.15, 0.2) is 11.5 Å². The first kappa shape index (κ1) is 50.5. The number of fused-ring (bicyclic) bond motifs is 2. The molecular formula is C33H36N12O14S4. The first-order chi connectivity index (χ1) is 29.2. The van der Waals surface area contributed by atoms with Crippen molar-refractivity contribution >= 4 is 97.2 Å². The fraction of sp³-hybridized carbons (Fsp3) is 0.212. The van der Waals surface area contributed by atoms with E-state index in [-0.39, 0.29) is 29.5 Å². The molecule has 30 heteroatoms. The van der Waals surface area contributed by atoms with Gasteiger partial charge in [-0.25, -0.2) is 9.97 Å². The van der Waals surface area contributed by atoms with Crippen LogP contribution < -0.4 is 10.6 Å². The van der Waals surface area contributed by atoms with Gasteiger partial charge in [-0.1, -0.05) is 30.3 Å². The summed E-state index contributed by atoms with van der Waals surface area (Å²) in [5, 5.41) is 45.1. The van der Waals surface area contributed by atoms with Gasteiger partial charge in [-0.15, -0.1) is 12.6 Å². The number of anilines is 4. The van der Waals surface area contributed by atoms with Gasteiger partial charge in [-0.2, -0.15) is 65.6 Å². The van der Waals surface area contributed by atoms with Crippen molar-refractivity contribution in [1.29, 1.82) is 0 Å². The summed E-state index contributed by atoms with van der Waals surface area (Å²) in [4.78, 5) is 26.2. The van der Waals surface area contributed by atoms with Crippen molar-refractivity contribution < 1.29 is 61.8 Å². The molecule has 0 saturated heterocycles. The summed E-state index contributed by atoms with van der Waals surface area (Å²) in [6.07, 6.45) is 1.53. The molecule has 4 aromatic carbocycles. The molecule has 0 aliphatic heterocycles. The number of nitrogens with one attached hydrogen (secondary N) is 2. The predicted octanol–water partition coefficient (Wildman–Crippen LogP) is 4.15. The Kier molecular flexibility index (Phi) is 17.1. The number of rotatable bonds is 9. The summed E-state index contributed by atoms with van der Waals surface area (Å²) in [6, 6.07) is 15.0. The van der Waals surface area contributed by atoms with Crippen molar-refractivity contribution in [3.8, 4) is 11.5 Å². The predicted molar refractivity (Wildman–Crippen MR) is 225 cm³/mol. The molecule has 0 atom stereocenters. The number of aromatic nitrogens is 6. The normalized spacial score (nSPS) is 11.6. The maximum absolute atomic E-state index is 12.0. The van der Waals surface area contributed by atoms with Crippen LogP contribution in [0.4, 0.5) is 34.6 Å². The number of phenolic OH excluding ortho intramolecular Hbond substituents is 2. The molecule has 0 unspecified atom stereocenters. The molecular weight excluding hydrogens is 917 g/mol. The van der Waals surface area contributed by atoms with Gasteiger partial charge in [0.25, 0.3) is 30.4 Å². The fourth-order valence-electron chi connectivity index (χ4n) is 5.27. The van der Waals surface area contributed by atoms with E-state index in [9.17, 15) is 40.0 Å². The Labute approximate surface area is 359 Å². The molecule has 0 radical (unpaired) electrons. The number of hydrogen-bond acceptors (Lipinski definition) is 23. The SMILES string of the molecule is CN=Nc1ccc2cccc(Nc3nc(C)nc(Cc4nc(C)nc(Nc5cccc6cc(S(=O)(=O)O)c(N=NC)c(O)c56)n4)n3)c2c1O.CS(=O)(=O)O.CS(=O)(=O)O.O=S(=O)=O. The van der Waals surface area contributed by atoms with Gasteiger partial charge in [-0.3, -0.25) is 13.7 Å². The van der Waals surface area contributed by atoms with Crippen LogP contribution in [0, 0.1) is 13.8 Å². The van der Waals surface area contributed by atoms with Gasteiger partial charge in [0.1, 0.15) is 39.6 Å². The maximum Gasteiger partial charge on any atom is 0.425 e. The molecule has 0 saturated carbocycles. The molecule has 0 aliphatic rings. The zero-order chi connectivity index (χ0) is 47.4. The lowest BCUT2D eigenvalue weighted by atomic mass is 10.1. The van der Waals surface area contributed by atoms with Gasteiger partial charge in [-0.05, 0) is 48.9 Å². The van der Waals surface area contributed by atoms with E-state index in [0.29, 0.717) is 63.6 Å². The van der Waals surface area contributed by atoms with E-state index in [1.165, 1.54) is 20.2 Å². The molecule has 2 heterocycles. The minimum atomic E-state index is -4.73. The highest BCUT2D eigenvalue weighted by molar-refractivity contribution is 7.86. The topological polar surface area (TPSA) is 406 Å². The maximum atomic E-state index is 12.0. The number of benzene rings is 4. The Morgan fingerprint density at radius 1 is 0.619 bits per heavy atom. The van der Waals surface area contributed by atoms with Crippen LogP contribution in [0.1, 0.15) is 23.3 Å². The van der Waals surface area contributed by atoms with Crippen LogP contribution in [0.25, 0.3) is 21.5 Å². The highest BCUT2D eigenvalue weighted by Gasteiger charge is 2.24. The Balaban J connectivity index is 0.000000657. The number of aromatic hydroxyl groups is 2. The highest BCUT2D eigenvalue weighted by Crippen LogP contribution is 2.44. The van der Waals surface area contributed by atoms with E-state index in [1.54, 1.807) is 44.2 Å². The molecule has 6 aromatic rings. The summed E-state index contributed by atoms with van der Waals surface area (Å²) in [6.45, 7) is 3.40. The third-order valence-electron chi connectivity index (χ3n) is 7.16. The van der Waals surface area contributed by atoms with E-state index in [1.807, 2.05) is 18.2 Å². The van der Waals surface area contributed by atoms with E-state index in [4.69, 9.17) is 21.7 Å². The zero-order valence-electron chi connectivity index (χ0n) is 33.4. The van der Waals surface area contributed by atoms with Crippen molar-refractivity contribution in [2.75, 3.05) is 37.2 Å². The Hall–Kier alpha value is -6.83. The van der Waals surface area contributed by atoms with E-state index >= 15 is 0 Å². The number of hydrogen-bond donors (Lipinski definition) is 7. The van der Waals surface area contributed by atoms with E-state index in [0.717, 1.165) is 5.39 Å². The lowest BCUT2D eigenvalue weighted by molar-refractivity contribution is 0.472. The van der Waals surface area contributed by atoms with E-state index < -0.39 is 57.3 Å². The van der Waals surface area contributed by atoms with Crippen LogP contribution in [-0.2, 0) is 47.4 Å². The third kappa shape index (κ3) is 16.2. The van der Waals surface area contributed by atoms with Gasteiger partial charge in [0.05, 0.1) is 30.3 Å². The number of aryl methyl sites for hydroxylation is 2. The van der Waals surface area contributed by atoms with Crippen LogP contribution in [0.2, 0.25) is 0 Å². The molecule has 0 spiro atoms. The first-order valence-electron chi connectivity index (χ1n) is 16.9. The third-order valence-corrected chi connectivity index (χ3v) is 8.02. The summed E-state index contributed by atoms with van der Waals surface area (Å²) in [5.41, 5.74) is 0.776.